The summed E-state index contributed by atoms with van der Waals surface area (Å²) in [7, 11) is 0. The summed E-state index contributed by atoms with van der Waals surface area (Å²) in [6, 6.07) is 7.12. The van der Waals surface area contributed by atoms with Crippen LogP contribution in [0.3, 0.4) is 0 Å². The van der Waals surface area contributed by atoms with Gasteiger partial charge in [-0.05, 0) is 37.6 Å². The molecule has 2 N–H and O–H groups in total. The second kappa shape index (κ2) is 6.65. The Morgan fingerprint density at radius 2 is 2.10 bits per heavy atom. The van der Waals surface area contributed by atoms with Gasteiger partial charge in [-0.1, -0.05) is 6.92 Å². The molecule has 0 aromatic carbocycles. The van der Waals surface area contributed by atoms with E-state index in [-0.39, 0.29) is 5.91 Å². The summed E-state index contributed by atoms with van der Waals surface area (Å²) in [4.78, 5) is 20.4. The molecule has 104 valence electrons. The average molecular weight is 270 g/mol. The van der Waals surface area contributed by atoms with Crippen molar-refractivity contribution in [1.29, 1.82) is 0 Å². The highest BCUT2D eigenvalue weighted by atomic mass is 16.1. The quantitative estimate of drug-likeness (QED) is 0.876. The van der Waals surface area contributed by atoms with Gasteiger partial charge in [0.15, 0.2) is 0 Å². The van der Waals surface area contributed by atoms with Crippen molar-refractivity contribution in [2.45, 2.75) is 20.3 Å². The second-order valence-corrected chi connectivity index (χ2v) is 4.50. The molecule has 2 aromatic rings. The highest BCUT2D eigenvalue weighted by molar-refractivity contribution is 6.04. The van der Waals surface area contributed by atoms with E-state index >= 15 is 0 Å². The van der Waals surface area contributed by atoms with Crippen LogP contribution in [0.5, 0.6) is 0 Å². The Labute approximate surface area is 118 Å². The van der Waals surface area contributed by atoms with Gasteiger partial charge in [-0.25, -0.2) is 4.98 Å². The van der Waals surface area contributed by atoms with Crippen molar-refractivity contribution in [2.75, 3.05) is 17.2 Å². The highest BCUT2D eigenvalue weighted by Crippen LogP contribution is 2.11. The predicted octanol–water partition coefficient (Wildman–Crippen LogP) is 2.86. The number of nitrogens with one attached hydrogen (secondary N) is 2. The van der Waals surface area contributed by atoms with Crippen molar-refractivity contribution in [1.82, 2.24) is 9.97 Å². The van der Waals surface area contributed by atoms with Crippen molar-refractivity contribution in [3.05, 3.63) is 47.9 Å². The van der Waals surface area contributed by atoms with Crippen LogP contribution in [-0.2, 0) is 0 Å². The molecule has 0 radical (unpaired) electrons. The molecule has 5 heteroatoms. The molecule has 5 nitrogen and oxygen atoms in total. The Kier molecular flexibility index (Phi) is 4.65. The largest absolute Gasteiger partial charge is 0.370 e. The van der Waals surface area contributed by atoms with E-state index in [9.17, 15) is 4.79 Å². The maximum absolute atomic E-state index is 12.1. The van der Waals surface area contributed by atoms with E-state index in [1.165, 1.54) is 0 Å². The minimum atomic E-state index is -0.169. The lowest BCUT2D eigenvalue weighted by Crippen LogP contribution is -2.13. The van der Waals surface area contributed by atoms with Gasteiger partial charge in [-0.15, -0.1) is 0 Å². The van der Waals surface area contributed by atoms with E-state index in [0.29, 0.717) is 17.1 Å². The van der Waals surface area contributed by atoms with Gasteiger partial charge < -0.3 is 10.6 Å². The molecule has 20 heavy (non-hydrogen) atoms. The second-order valence-electron chi connectivity index (χ2n) is 4.50. The van der Waals surface area contributed by atoms with E-state index < -0.39 is 0 Å². The van der Waals surface area contributed by atoms with Crippen molar-refractivity contribution in [2.24, 2.45) is 0 Å². The van der Waals surface area contributed by atoms with Gasteiger partial charge in [0.05, 0.1) is 11.9 Å². The Morgan fingerprint density at radius 1 is 1.25 bits per heavy atom. The topological polar surface area (TPSA) is 66.9 Å². The molecule has 2 aromatic heterocycles. The zero-order chi connectivity index (χ0) is 14.4. The first kappa shape index (κ1) is 14.0. The van der Waals surface area contributed by atoms with Crippen LogP contribution < -0.4 is 10.6 Å². The third-order valence-electron chi connectivity index (χ3n) is 2.75. The maximum atomic E-state index is 12.1. The minimum Gasteiger partial charge on any atom is -0.370 e. The van der Waals surface area contributed by atoms with Crippen molar-refractivity contribution in [3.63, 3.8) is 0 Å². The van der Waals surface area contributed by atoms with Gasteiger partial charge >= 0.3 is 0 Å². The summed E-state index contributed by atoms with van der Waals surface area (Å²) in [5, 5.41) is 5.97. The lowest BCUT2D eigenvalue weighted by atomic mass is 10.2. The molecule has 0 atom stereocenters. The molecule has 0 saturated heterocycles. The zero-order valence-corrected chi connectivity index (χ0v) is 11.7. The van der Waals surface area contributed by atoms with Crippen molar-refractivity contribution >= 4 is 17.4 Å². The molecule has 0 unspecified atom stereocenters. The fourth-order valence-electron chi connectivity index (χ4n) is 1.67. The lowest BCUT2D eigenvalue weighted by molar-refractivity contribution is 0.102. The summed E-state index contributed by atoms with van der Waals surface area (Å²) < 4.78 is 0. The summed E-state index contributed by atoms with van der Waals surface area (Å²) in [6.45, 7) is 4.81. The highest BCUT2D eigenvalue weighted by Gasteiger charge is 2.07. The summed E-state index contributed by atoms with van der Waals surface area (Å²) >= 11 is 0. The molecular weight excluding hydrogens is 252 g/mol. The van der Waals surface area contributed by atoms with Crippen LogP contribution >= 0.6 is 0 Å². The van der Waals surface area contributed by atoms with Gasteiger partial charge in [0, 0.05) is 24.0 Å². The van der Waals surface area contributed by atoms with Gasteiger partial charge in [0.25, 0.3) is 5.91 Å². The number of aromatic nitrogens is 2. The zero-order valence-electron chi connectivity index (χ0n) is 11.7. The molecule has 0 aliphatic carbocycles. The number of nitrogens with zero attached hydrogens (tertiary/aromatic N) is 2. The van der Waals surface area contributed by atoms with Crippen LogP contribution in [-0.4, -0.2) is 22.4 Å². The van der Waals surface area contributed by atoms with E-state index in [2.05, 4.69) is 27.5 Å². The van der Waals surface area contributed by atoms with E-state index in [1.54, 1.807) is 24.5 Å². The number of hydrogen-bond donors (Lipinski definition) is 2. The van der Waals surface area contributed by atoms with Crippen LogP contribution in [0.25, 0.3) is 0 Å². The maximum Gasteiger partial charge on any atom is 0.255 e. The monoisotopic (exact) mass is 270 g/mol. The van der Waals surface area contributed by atoms with Crippen molar-refractivity contribution < 1.29 is 4.79 Å². The van der Waals surface area contributed by atoms with Crippen LogP contribution in [0.4, 0.5) is 11.5 Å². The molecule has 1 amide bonds. The first-order chi connectivity index (χ1) is 9.69. The van der Waals surface area contributed by atoms with Gasteiger partial charge in [-0.2, -0.15) is 0 Å². The van der Waals surface area contributed by atoms with Gasteiger partial charge in [-0.3, -0.25) is 9.78 Å². The lowest BCUT2D eigenvalue weighted by Gasteiger charge is -2.07. The van der Waals surface area contributed by atoms with Gasteiger partial charge in [0.2, 0.25) is 0 Å². The Morgan fingerprint density at radius 3 is 2.80 bits per heavy atom. The molecule has 0 bridgehead atoms. The normalized spacial score (nSPS) is 10.1. The van der Waals surface area contributed by atoms with Crippen LogP contribution in [0.1, 0.15) is 29.4 Å². The van der Waals surface area contributed by atoms with Crippen molar-refractivity contribution in [3.8, 4) is 0 Å². The van der Waals surface area contributed by atoms with Crippen LogP contribution in [0, 0.1) is 6.92 Å². The molecule has 2 rings (SSSR count). The fourth-order valence-corrected chi connectivity index (χ4v) is 1.67. The number of aryl methyl sites for hydroxylation is 1. The number of carbonyl (C=O) groups excluding carboxylic acids is 1. The fraction of sp³-hybridized carbons (Fsp3) is 0.267. The number of amides is 1. The Hall–Kier alpha value is -2.43. The first-order valence-electron chi connectivity index (χ1n) is 6.63. The standard InChI is InChI=1S/C15H18N4O/c1-3-7-16-14-9-12(6-8-17-14)15(20)19-13-5-4-11(2)18-10-13/h4-6,8-10H,3,7H2,1-2H3,(H,16,17)(H,19,20). The Balaban J connectivity index is 2.06. The number of hydrogen-bond acceptors (Lipinski definition) is 4. The summed E-state index contributed by atoms with van der Waals surface area (Å²) in [6.07, 6.45) is 4.28. The molecule has 0 saturated carbocycles. The average Bonchev–Trinajstić information content (AvgIpc) is 2.48. The Bertz CT molecular complexity index is 581. The first-order valence-corrected chi connectivity index (χ1v) is 6.63. The van der Waals surface area contributed by atoms with Crippen LogP contribution in [0.2, 0.25) is 0 Å². The molecule has 2 heterocycles. The number of pyridine rings is 2. The molecule has 0 aliphatic heterocycles. The van der Waals surface area contributed by atoms with Gasteiger partial charge in [0.1, 0.15) is 5.82 Å². The molecular formula is C15H18N4O. The number of anilines is 2. The predicted molar refractivity (Wildman–Crippen MR) is 79.9 cm³/mol. The number of carbonyl (C=O) groups is 1. The summed E-state index contributed by atoms with van der Waals surface area (Å²) in [5.41, 5.74) is 2.16. The molecule has 0 aliphatic rings. The van der Waals surface area contributed by atoms with E-state index in [1.807, 2.05) is 19.1 Å². The number of rotatable bonds is 5. The summed E-state index contributed by atoms with van der Waals surface area (Å²) in [5.74, 6) is 0.541. The smallest absolute Gasteiger partial charge is 0.255 e. The van der Waals surface area contributed by atoms with E-state index in [0.717, 1.165) is 18.7 Å². The third-order valence-corrected chi connectivity index (χ3v) is 2.75. The van der Waals surface area contributed by atoms with E-state index in [4.69, 9.17) is 0 Å². The minimum absolute atomic E-state index is 0.169. The molecule has 0 fully saturated rings. The van der Waals surface area contributed by atoms with Crippen LogP contribution in [0.15, 0.2) is 36.7 Å². The third kappa shape index (κ3) is 3.78. The molecule has 0 spiro atoms. The SMILES string of the molecule is CCCNc1cc(C(=O)Nc2ccc(C)nc2)ccn1.